The molecule has 0 bridgehead atoms. The minimum absolute atomic E-state index is 0.113. The fraction of sp³-hybridized carbons (Fsp3) is 0.462. The largest absolute Gasteiger partial charge is 0.505 e. The van der Waals surface area contributed by atoms with Gasteiger partial charge in [-0.05, 0) is 25.5 Å². The molecular formula is C13H20N2O3. The van der Waals surface area contributed by atoms with Crippen molar-refractivity contribution in [2.45, 2.75) is 32.3 Å². The molecule has 5 N–H and O–H groups in total. The summed E-state index contributed by atoms with van der Waals surface area (Å²) in [5.41, 5.74) is 4.83. The van der Waals surface area contributed by atoms with Gasteiger partial charge in [-0.2, -0.15) is 0 Å². The van der Waals surface area contributed by atoms with Crippen molar-refractivity contribution in [3.05, 3.63) is 23.8 Å². The lowest BCUT2D eigenvalue weighted by Crippen LogP contribution is -2.40. The molecule has 0 saturated heterocycles. The highest BCUT2D eigenvalue weighted by molar-refractivity contribution is 5.98. The molecule has 18 heavy (non-hydrogen) atoms. The summed E-state index contributed by atoms with van der Waals surface area (Å²) in [6.07, 6.45) is 1.42. The molecule has 1 unspecified atom stereocenters. The third kappa shape index (κ3) is 3.63. The van der Waals surface area contributed by atoms with Crippen molar-refractivity contribution in [2.75, 3.05) is 12.3 Å². The summed E-state index contributed by atoms with van der Waals surface area (Å²) in [6.45, 7) is 3.75. The Bertz CT molecular complexity index is 430. The molecule has 0 aliphatic heterocycles. The number of phenols is 1. The first kappa shape index (κ1) is 14.3. The van der Waals surface area contributed by atoms with Crippen molar-refractivity contribution in [1.82, 2.24) is 5.32 Å². The zero-order chi connectivity index (χ0) is 13.8. The van der Waals surface area contributed by atoms with E-state index in [0.29, 0.717) is 6.42 Å². The summed E-state index contributed by atoms with van der Waals surface area (Å²) in [6, 6.07) is 4.59. The van der Waals surface area contributed by atoms with Crippen molar-refractivity contribution in [2.24, 2.45) is 0 Å². The van der Waals surface area contributed by atoms with Crippen molar-refractivity contribution >= 4 is 11.6 Å². The first-order valence-corrected chi connectivity index (χ1v) is 5.95. The third-order valence-corrected chi connectivity index (χ3v) is 2.73. The van der Waals surface area contributed by atoms with Crippen LogP contribution in [0, 0.1) is 0 Å². The van der Waals surface area contributed by atoms with Gasteiger partial charge in [0.1, 0.15) is 0 Å². The molecule has 1 aromatic rings. The fourth-order valence-electron chi connectivity index (χ4n) is 1.74. The van der Waals surface area contributed by atoms with E-state index in [0.717, 1.165) is 6.42 Å². The molecule has 1 amide bonds. The van der Waals surface area contributed by atoms with Gasteiger partial charge >= 0.3 is 0 Å². The molecule has 0 spiro atoms. The molecule has 0 aliphatic rings. The number of nitrogens with two attached hydrogens (primary N) is 1. The van der Waals surface area contributed by atoms with Crippen LogP contribution in [-0.2, 0) is 0 Å². The number of carbonyl (C=O) groups excluding carboxylic acids is 1. The molecule has 0 aromatic heterocycles. The minimum atomic E-state index is -0.944. The Kier molecular flexibility index (Phi) is 4.55. The smallest absolute Gasteiger partial charge is 0.255 e. The van der Waals surface area contributed by atoms with E-state index in [1.165, 1.54) is 12.1 Å². The Balaban J connectivity index is 2.69. The second kappa shape index (κ2) is 5.73. The Morgan fingerprint density at radius 2 is 2.17 bits per heavy atom. The molecule has 0 heterocycles. The summed E-state index contributed by atoms with van der Waals surface area (Å²) in [5, 5.41) is 22.2. The van der Waals surface area contributed by atoms with Gasteiger partial charge in [-0.1, -0.05) is 19.4 Å². The number of hydrogen-bond donors (Lipinski definition) is 4. The van der Waals surface area contributed by atoms with E-state index < -0.39 is 11.5 Å². The van der Waals surface area contributed by atoms with Crippen molar-refractivity contribution < 1.29 is 15.0 Å². The van der Waals surface area contributed by atoms with Crippen molar-refractivity contribution in [3.63, 3.8) is 0 Å². The molecular weight excluding hydrogens is 232 g/mol. The van der Waals surface area contributed by atoms with Gasteiger partial charge in [0.15, 0.2) is 5.75 Å². The Hall–Kier alpha value is -1.75. The number of rotatable bonds is 5. The molecule has 1 atom stereocenters. The molecule has 0 saturated carbocycles. The molecule has 0 radical (unpaired) electrons. The van der Waals surface area contributed by atoms with Crippen LogP contribution in [0.2, 0.25) is 0 Å². The number of anilines is 1. The van der Waals surface area contributed by atoms with E-state index in [9.17, 15) is 15.0 Å². The Morgan fingerprint density at radius 3 is 2.78 bits per heavy atom. The average molecular weight is 252 g/mol. The van der Waals surface area contributed by atoms with Crippen LogP contribution < -0.4 is 11.1 Å². The van der Waals surface area contributed by atoms with Crippen LogP contribution in [0.1, 0.15) is 37.0 Å². The van der Waals surface area contributed by atoms with E-state index in [4.69, 9.17) is 5.73 Å². The van der Waals surface area contributed by atoms with E-state index >= 15 is 0 Å². The summed E-state index contributed by atoms with van der Waals surface area (Å²) >= 11 is 0. The molecule has 100 valence electrons. The van der Waals surface area contributed by atoms with Crippen LogP contribution in [0.5, 0.6) is 5.75 Å². The highest BCUT2D eigenvalue weighted by Gasteiger charge is 2.21. The predicted molar refractivity (Wildman–Crippen MR) is 70.4 cm³/mol. The average Bonchev–Trinajstić information content (AvgIpc) is 2.30. The number of nitrogens with one attached hydrogen (secondary N) is 1. The normalized spacial score (nSPS) is 13.9. The zero-order valence-electron chi connectivity index (χ0n) is 10.7. The van der Waals surface area contributed by atoms with Crippen LogP contribution >= 0.6 is 0 Å². The molecule has 0 fully saturated rings. The zero-order valence-corrected chi connectivity index (χ0v) is 10.7. The lowest BCUT2D eigenvalue weighted by molar-refractivity contribution is 0.0469. The van der Waals surface area contributed by atoms with Crippen LogP contribution in [0.25, 0.3) is 0 Å². The first-order chi connectivity index (χ1) is 8.37. The van der Waals surface area contributed by atoms with Crippen LogP contribution in [0.3, 0.4) is 0 Å². The fourth-order valence-corrected chi connectivity index (χ4v) is 1.74. The maximum Gasteiger partial charge on any atom is 0.255 e. The number of aliphatic hydroxyl groups is 1. The minimum Gasteiger partial charge on any atom is -0.505 e. The van der Waals surface area contributed by atoms with Gasteiger partial charge in [-0.15, -0.1) is 0 Å². The number of phenolic OH excluding ortho intramolecular Hbond substituents is 1. The standard InChI is InChI=1S/C13H20N2O3/c1-3-7-13(2,18)8-15-12(17)9-5-4-6-10(14)11(9)16/h4-6,16,18H,3,7-8,14H2,1-2H3,(H,15,17). The van der Waals surface area contributed by atoms with Gasteiger partial charge < -0.3 is 21.3 Å². The number of aromatic hydroxyl groups is 1. The maximum atomic E-state index is 11.8. The highest BCUT2D eigenvalue weighted by Crippen LogP contribution is 2.24. The number of carbonyl (C=O) groups is 1. The quantitative estimate of drug-likeness (QED) is 0.468. The van der Waals surface area contributed by atoms with Gasteiger partial charge in [0, 0.05) is 6.54 Å². The van der Waals surface area contributed by atoms with E-state index in [1.54, 1.807) is 13.0 Å². The molecule has 1 aromatic carbocycles. The number of benzene rings is 1. The van der Waals surface area contributed by atoms with Crippen molar-refractivity contribution in [3.8, 4) is 5.75 Å². The lowest BCUT2D eigenvalue weighted by Gasteiger charge is -2.23. The van der Waals surface area contributed by atoms with Crippen LogP contribution in [0.15, 0.2) is 18.2 Å². The van der Waals surface area contributed by atoms with Crippen LogP contribution in [0.4, 0.5) is 5.69 Å². The van der Waals surface area contributed by atoms with Gasteiger partial charge in [-0.3, -0.25) is 4.79 Å². The van der Waals surface area contributed by atoms with Gasteiger partial charge in [0.05, 0.1) is 16.9 Å². The number of nitrogen functional groups attached to an aromatic ring is 1. The predicted octanol–water partition coefficient (Wildman–Crippen LogP) is 1.26. The summed E-state index contributed by atoms with van der Waals surface area (Å²) in [5.74, 6) is -0.679. The Labute approximate surface area is 107 Å². The number of para-hydroxylation sites is 1. The monoisotopic (exact) mass is 252 g/mol. The second-order valence-corrected chi connectivity index (χ2v) is 4.67. The lowest BCUT2D eigenvalue weighted by atomic mass is 10.0. The molecule has 5 heteroatoms. The first-order valence-electron chi connectivity index (χ1n) is 5.95. The van der Waals surface area contributed by atoms with Gasteiger partial charge in [0.2, 0.25) is 0 Å². The topological polar surface area (TPSA) is 95.6 Å². The van der Waals surface area contributed by atoms with Crippen molar-refractivity contribution in [1.29, 1.82) is 0 Å². The van der Waals surface area contributed by atoms with Crippen LogP contribution in [-0.4, -0.2) is 28.3 Å². The van der Waals surface area contributed by atoms with E-state index in [1.807, 2.05) is 6.92 Å². The van der Waals surface area contributed by atoms with E-state index in [-0.39, 0.29) is 23.5 Å². The Morgan fingerprint density at radius 1 is 1.50 bits per heavy atom. The van der Waals surface area contributed by atoms with Gasteiger partial charge in [-0.25, -0.2) is 0 Å². The number of amides is 1. The molecule has 5 nitrogen and oxygen atoms in total. The SMILES string of the molecule is CCCC(C)(O)CNC(=O)c1cccc(N)c1O. The molecule has 0 aliphatic carbocycles. The third-order valence-electron chi connectivity index (χ3n) is 2.73. The van der Waals surface area contributed by atoms with E-state index in [2.05, 4.69) is 5.32 Å². The number of hydrogen-bond acceptors (Lipinski definition) is 4. The summed E-state index contributed by atoms with van der Waals surface area (Å²) in [7, 11) is 0. The summed E-state index contributed by atoms with van der Waals surface area (Å²) < 4.78 is 0. The highest BCUT2D eigenvalue weighted by atomic mass is 16.3. The maximum absolute atomic E-state index is 11.8. The summed E-state index contributed by atoms with van der Waals surface area (Å²) in [4.78, 5) is 11.8. The molecule has 1 rings (SSSR count). The van der Waals surface area contributed by atoms with Gasteiger partial charge in [0.25, 0.3) is 5.91 Å². The second-order valence-electron chi connectivity index (χ2n) is 4.67.